The number of carbonyl (C=O) groups is 1. The van der Waals surface area contributed by atoms with E-state index in [1.165, 1.54) is 0 Å². The first-order chi connectivity index (χ1) is 15.2. The summed E-state index contributed by atoms with van der Waals surface area (Å²) in [7, 11) is 0. The Kier molecular flexibility index (Phi) is 6.55. The first kappa shape index (κ1) is 21.0. The Bertz CT molecular complexity index is 1050. The van der Waals surface area contributed by atoms with E-state index in [0.29, 0.717) is 24.0 Å². The van der Waals surface area contributed by atoms with Gasteiger partial charge in [-0.05, 0) is 55.8 Å². The van der Waals surface area contributed by atoms with Gasteiger partial charge in [0.15, 0.2) is 0 Å². The molecule has 4 rings (SSSR count). The summed E-state index contributed by atoms with van der Waals surface area (Å²) < 4.78 is 0. The number of aromatic amines is 1. The van der Waals surface area contributed by atoms with E-state index in [4.69, 9.17) is 5.53 Å². The molecule has 1 aromatic heterocycles. The Hall–Kier alpha value is -3.28. The second kappa shape index (κ2) is 9.69. The van der Waals surface area contributed by atoms with Crippen molar-refractivity contribution < 1.29 is 4.79 Å². The average molecular weight is 417 g/mol. The van der Waals surface area contributed by atoms with Gasteiger partial charge in [-0.1, -0.05) is 47.6 Å². The summed E-state index contributed by atoms with van der Waals surface area (Å²) in [4.78, 5) is 21.4. The highest BCUT2D eigenvalue weighted by Crippen LogP contribution is 2.26. The van der Waals surface area contributed by atoms with Crippen LogP contribution in [0.25, 0.3) is 21.3 Å². The molecule has 0 aliphatic heterocycles. The van der Waals surface area contributed by atoms with Crippen molar-refractivity contribution in [3.05, 3.63) is 76.3 Å². The van der Waals surface area contributed by atoms with E-state index in [1.54, 1.807) is 0 Å². The van der Waals surface area contributed by atoms with Crippen LogP contribution in [0.15, 0.2) is 59.7 Å². The number of hydrogen-bond acceptors (Lipinski definition) is 3. The molecule has 3 aromatic rings. The normalized spacial score (nSPS) is 18.5. The molecule has 1 saturated carbocycles. The van der Waals surface area contributed by atoms with E-state index < -0.39 is 0 Å². The number of hydrogen-bond donors (Lipinski definition) is 2. The number of para-hydroxylation sites is 1. The van der Waals surface area contributed by atoms with Gasteiger partial charge < -0.3 is 15.2 Å². The fraction of sp³-hybridized carbons (Fsp3) is 0.375. The summed E-state index contributed by atoms with van der Waals surface area (Å²) in [5.41, 5.74) is 12.0. The Balaban J connectivity index is 1.38. The maximum absolute atomic E-state index is 13.3. The SMILES string of the molecule is CCN(C(=O)c1cc2ccccc2[nH]1)[C@H]1CCC[C@@H](NCc2ccc(N=[N+]=[N-])cc2)C1. The van der Waals surface area contributed by atoms with E-state index in [-0.39, 0.29) is 11.9 Å². The third-order valence-electron chi connectivity index (χ3n) is 6.14. The van der Waals surface area contributed by atoms with Gasteiger partial charge in [0.05, 0.1) is 0 Å². The van der Waals surface area contributed by atoms with Gasteiger partial charge in [-0.15, -0.1) is 0 Å². The van der Waals surface area contributed by atoms with Gasteiger partial charge in [-0.3, -0.25) is 4.79 Å². The molecule has 0 saturated heterocycles. The Morgan fingerprint density at radius 2 is 2.03 bits per heavy atom. The van der Waals surface area contributed by atoms with Gasteiger partial charge in [-0.2, -0.15) is 0 Å². The van der Waals surface area contributed by atoms with E-state index in [1.807, 2.05) is 59.5 Å². The summed E-state index contributed by atoms with van der Waals surface area (Å²) >= 11 is 0. The molecule has 2 aromatic carbocycles. The van der Waals surface area contributed by atoms with Gasteiger partial charge in [0.1, 0.15) is 5.69 Å². The largest absolute Gasteiger partial charge is 0.351 e. The molecule has 0 unspecified atom stereocenters. The fourth-order valence-corrected chi connectivity index (χ4v) is 4.54. The van der Waals surface area contributed by atoms with Crippen LogP contribution < -0.4 is 5.32 Å². The molecule has 1 amide bonds. The van der Waals surface area contributed by atoms with Gasteiger partial charge in [0.25, 0.3) is 5.91 Å². The smallest absolute Gasteiger partial charge is 0.270 e. The Labute approximate surface area is 182 Å². The number of H-pyrrole nitrogens is 1. The Morgan fingerprint density at radius 3 is 2.77 bits per heavy atom. The molecular formula is C24H28N6O. The predicted octanol–water partition coefficient (Wildman–Crippen LogP) is 5.67. The van der Waals surface area contributed by atoms with E-state index in [9.17, 15) is 4.79 Å². The van der Waals surface area contributed by atoms with Crippen LogP contribution in [0.4, 0.5) is 5.69 Å². The van der Waals surface area contributed by atoms with E-state index in [2.05, 4.69) is 27.3 Å². The molecule has 0 spiro atoms. The van der Waals surface area contributed by atoms with E-state index >= 15 is 0 Å². The van der Waals surface area contributed by atoms with Crippen LogP contribution in [0.5, 0.6) is 0 Å². The van der Waals surface area contributed by atoms with Crippen LogP contribution in [-0.4, -0.2) is 34.4 Å². The molecule has 31 heavy (non-hydrogen) atoms. The standard InChI is InChI=1S/C24H28N6O/c1-2-30(24(31)23-14-18-6-3-4-9-22(18)27-23)21-8-5-7-20(15-21)26-16-17-10-12-19(13-11-17)28-29-25/h3-4,6,9-14,20-21,26-27H,2,5,7-8,15-16H2,1H3/t20-,21+/m1/s1. The zero-order chi connectivity index (χ0) is 21.6. The first-order valence-electron chi connectivity index (χ1n) is 10.9. The van der Waals surface area contributed by atoms with Gasteiger partial charge in [0, 0.05) is 46.7 Å². The molecule has 1 aliphatic rings. The molecule has 0 radical (unpaired) electrons. The summed E-state index contributed by atoms with van der Waals surface area (Å²) in [6, 6.07) is 18.2. The highest BCUT2D eigenvalue weighted by molar-refractivity contribution is 5.98. The topological polar surface area (TPSA) is 96.9 Å². The van der Waals surface area contributed by atoms with Crippen LogP contribution in [0, 0.1) is 0 Å². The minimum atomic E-state index is 0.0815. The zero-order valence-electron chi connectivity index (χ0n) is 17.8. The quantitative estimate of drug-likeness (QED) is 0.295. The molecule has 2 atom stereocenters. The molecular weight excluding hydrogens is 388 g/mol. The van der Waals surface area contributed by atoms with Gasteiger partial charge >= 0.3 is 0 Å². The number of rotatable bonds is 7. The summed E-state index contributed by atoms with van der Waals surface area (Å²) in [5, 5.41) is 8.33. The van der Waals surface area contributed by atoms with Crippen LogP contribution in [-0.2, 0) is 6.54 Å². The zero-order valence-corrected chi connectivity index (χ0v) is 17.8. The lowest BCUT2D eigenvalue weighted by Crippen LogP contribution is -2.46. The molecule has 160 valence electrons. The third-order valence-corrected chi connectivity index (χ3v) is 6.14. The second-order valence-electron chi connectivity index (χ2n) is 8.12. The molecule has 7 nitrogen and oxygen atoms in total. The number of nitrogens with one attached hydrogen (secondary N) is 2. The number of carbonyl (C=O) groups excluding carboxylic acids is 1. The average Bonchev–Trinajstić information content (AvgIpc) is 3.24. The summed E-state index contributed by atoms with van der Waals surface area (Å²) in [6.07, 6.45) is 4.22. The highest BCUT2D eigenvalue weighted by Gasteiger charge is 2.29. The highest BCUT2D eigenvalue weighted by atomic mass is 16.2. The van der Waals surface area contributed by atoms with Gasteiger partial charge in [-0.25, -0.2) is 0 Å². The lowest BCUT2D eigenvalue weighted by molar-refractivity contribution is 0.0623. The minimum Gasteiger partial charge on any atom is -0.351 e. The van der Waals surface area contributed by atoms with Crippen molar-refractivity contribution in [2.24, 2.45) is 5.11 Å². The van der Waals surface area contributed by atoms with Crippen molar-refractivity contribution in [1.82, 2.24) is 15.2 Å². The fourth-order valence-electron chi connectivity index (χ4n) is 4.54. The van der Waals surface area contributed by atoms with Crippen molar-refractivity contribution in [3.8, 4) is 0 Å². The van der Waals surface area contributed by atoms with Crippen LogP contribution in [0.2, 0.25) is 0 Å². The van der Waals surface area contributed by atoms with Gasteiger partial charge in [0.2, 0.25) is 0 Å². The van der Waals surface area contributed by atoms with Crippen molar-refractivity contribution in [3.63, 3.8) is 0 Å². The molecule has 7 heteroatoms. The summed E-state index contributed by atoms with van der Waals surface area (Å²) in [6.45, 7) is 3.52. The number of fused-ring (bicyclic) bond motifs is 1. The molecule has 1 fully saturated rings. The van der Waals surface area contributed by atoms with Crippen LogP contribution >= 0.6 is 0 Å². The van der Waals surface area contributed by atoms with Crippen LogP contribution in [0.3, 0.4) is 0 Å². The first-order valence-corrected chi connectivity index (χ1v) is 10.9. The molecule has 1 aliphatic carbocycles. The summed E-state index contributed by atoms with van der Waals surface area (Å²) in [5.74, 6) is 0.0815. The Morgan fingerprint density at radius 1 is 1.23 bits per heavy atom. The second-order valence-corrected chi connectivity index (χ2v) is 8.12. The van der Waals surface area contributed by atoms with E-state index in [0.717, 1.165) is 48.7 Å². The van der Waals surface area contributed by atoms with Crippen LogP contribution in [0.1, 0.15) is 48.7 Å². The van der Waals surface area contributed by atoms with Crippen molar-refractivity contribution in [2.75, 3.05) is 6.54 Å². The maximum Gasteiger partial charge on any atom is 0.270 e. The number of amides is 1. The molecule has 2 N–H and O–H groups in total. The monoisotopic (exact) mass is 416 g/mol. The minimum absolute atomic E-state index is 0.0815. The number of nitrogens with zero attached hydrogens (tertiary/aromatic N) is 4. The maximum atomic E-state index is 13.3. The lowest BCUT2D eigenvalue weighted by Gasteiger charge is -2.37. The van der Waals surface area contributed by atoms with Crippen molar-refractivity contribution in [1.29, 1.82) is 0 Å². The third kappa shape index (κ3) is 4.90. The number of benzene rings is 2. The molecule has 0 bridgehead atoms. The van der Waals surface area contributed by atoms with Crippen molar-refractivity contribution in [2.45, 2.75) is 51.2 Å². The predicted molar refractivity (Wildman–Crippen MR) is 123 cm³/mol. The number of azide groups is 1. The number of aromatic nitrogens is 1. The van der Waals surface area contributed by atoms with Crippen molar-refractivity contribution >= 4 is 22.5 Å². The molecule has 1 heterocycles. The lowest BCUT2D eigenvalue weighted by atomic mass is 9.89.